The molecule has 0 aliphatic carbocycles. The van der Waals surface area contributed by atoms with Gasteiger partial charge >= 0.3 is 0 Å². The number of hydrazine groups is 1. The third-order valence-electron chi connectivity index (χ3n) is 2.86. The number of Topliss-reactive ketones (excluding diaryl/α,β-unsaturated/α-hetero) is 1. The number of aromatic nitrogens is 1. The Bertz CT molecular complexity index is 701. The first-order chi connectivity index (χ1) is 10.5. The van der Waals surface area contributed by atoms with E-state index in [4.69, 9.17) is 18.1 Å². The van der Waals surface area contributed by atoms with Crippen molar-refractivity contribution in [2.24, 2.45) is 5.84 Å². The first-order valence-corrected chi connectivity index (χ1v) is 6.82. The number of nitrogens with zero attached hydrogens (tertiary/aromatic N) is 2. The quantitative estimate of drug-likeness (QED) is 0.296. The maximum Gasteiger partial charge on any atom is 0.292 e. The van der Waals surface area contributed by atoms with Crippen molar-refractivity contribution in [2.45, 2.75) is 6.92 Å². The second-order valence-electron chi connectivity index (χ2n) is 4.45. The molecular formula is C15H14N4O2S. The molecule has 0 saturated carbocycles. The van der Waals surface area contributed by atoms with Gasteiger partial charge in [0.25, 0.3) is 5.91 Å². The summed E-state index contributed by atoms with van der Waals surface area (Å²) < 4.78 is 0. The smallest absolute Gasteiger partial charge is 0.292 e. The molecule has 0 saturated heterocycles. The van der Waals surface area contributed by atoms with E-state index >= 15 is 0 Å². The van der Waals surface area contributed by atoms with Crippen molar-refractivity contribution in [1.29, 1.82) is 0 Å². The third-order valence-corrected chi connectivity index (χ3v) is 3.16. The molecule has 0 fully saturated rings. The number of amides is 1. The summed E-state index contributed by atoms with van der Waals surface area (Å²) in [5.41, 5.74) is 1.41. The Balaban J connectivity index is 2.05. The number of carbonyl (C=O) groups excluding carboxylic acids is 2. The van der Waals surface area contributed by atoms with Gasteiger partial charge in [0.2, 0.25) is 0 Å². The molecule has 0 bridgehead atoms. The van der Waals surface area contributed by atoms with Crippen LogP contribution in [0.1, 0.15) is 27.8 Å². The minimum Gasteiger partial charge on any atom is -0.331 e. The minimum absolute atomic E-state index is 0.0279. The lowest BCUT2D eigenvalue weighted by Gasteiger charge is -2.18. The highest BCUT2D eigenvalue weighted by Gasteiger charge is 2.17. The van der Waals surface area contributed by atoms with E-state index in [-0.39, 0.29) is 16.6 Å². The molecule has 1 aromatic heterocycles. The number of hydrogen-bond acceptors (Lipinski definition) is 5. The number of nitrogens with one attached hydrogen (secondary N) is 1. The molecule has 0 spiro atoms. The Hall–Kier alpha value is -2.64. The number of ketones is 1. The fraction of sp³-hybridized carbons (Fsp3) is 0.0667. The number of hydrogen-bond donors (Lipinski definition) is 2. The first-order valence-electron chi connectivity index (χ1n) is 6.41. The van der Waals surface area contributed by atoms with Crippen LogP contribution in [0.3, 0.4) is 0 Å². The fourth-order valence-electron chi connectivity index (χ4n) is 1.68. The van der Waals surface area contributed by atoms with E-state index in [9.17, 15) is 9.59 Å². The monoisotopic (exact) mass is 314 g/mol. The van der Waals surface area contributed by atoms with E-state index in [1.165, 1.54) is 13.1 Å². The molecule has 0 unspecified atom stereocenters. The van der Waals surface area contributed by atoms with E-state index in [1.54, 1.807) is 42.5 Å². The molecule has 1 aromatic carbocycles. The Morgan fingerprint density at radius 3 is 2.41 bits per heavy atom. The number of thiocarbonyl (C=S) groups is 1. The Morgan fingerprint density at radius 1 is 1.18 bits per heavy atom. The summed E-state index contributed by atoms with van der Waals surface area (Å²) >= 11 is 5.09. The Kier molecular flexibility index (Phi) is 4.92. The maximum absolute atomic E-state index is 12.1. The summed E-state index contributed by atoms with van der Waals surface area (Å²) in [6, 6.07) is 11.6. The van der Waals surface area contributed by atoms with E-state index in [0.717, 1.165) is 5.01 Å². The van der Waals surface area contributed by atoms with E-state index < -0.39 is 5.91 Å². The molecule has 3 N–H and O–H groups in total. The van der Waals surface area contributed by atoms with Crippen molar-refractivity contribution in [3.8, 4) is 0 Å². The zero-order chi connectivity index (χ0) is 16.1. The van der Waals surface area contributed by atoms with Gasteiger partial charge in [-0.15, -0.1) is 0 Å². The van der Waals surface area contributed by atoms with Crippen molar-refractivity contribution in [3.05, 3.63) is 59.9 Å². The molecule has 1 amide bonds. The molecule has 22 heavy (non-hydrogen) atoms. The number of anilines is 1. The van der Waals surface area contributed by atoms with Crippen LogP contribution in [0.15, 0.2) is 48.7 Å². The van der Waals surface area contributed by atoms with Crippen LogP contribution in [0.5, 0.6) is 0 Å². The Morgan fingerprint density at radius 2 is 1.86 bits per heavy atom. The highest BCUT2D eigenvalue weighted by molar-refractivity contribution is 7.80. The number of benzene rings is 1. The second-order valence-corrected chi connectivity index (χ2v) is 4.84. The van der Waals surface area contributed by atoms with Crippen LogP contribution in [-0.4, -0.2) is 26.8 Å². The van der Waals surface area contributed by atoms with E-state index in [2.05, 4.69) is 10.3 Å². The standard InChI is InChI=1S/C15H14N4O2S/c1-10(20)11-5-7-12(8-6-11)18-15(22)19(16)14(21)13-4-2-3-9-17-13/h2-9H,16H2,1H3,(H,18,22). The molecule has 0 atom stereocenters. The zero-order valence-corrected chi connectivity index (χ0v) is 12.6. The summed E-state index contributed by atoms with van der Waals surface area (Å²) in [5, 5.41) is 3.68. The third kappa shape index (κ3) is 3.72. The molecule has 2 aromatic rings. The van der Waals surface area contributed by atoms with E-state index in [0.29, 0.717) is 11.3 Å². The van der Waals surface area contributed by atoms with Gasteiger partial charge in [0, 0.05) is 17.4 Å². The maximum atomic E-state index is 12.1. The van der Waals surface area contributed by atoms with Crippen molar-refractivity contribution < 1.29 is 9.59 Å². The fourth-order valence-corrected chi connectivity index (χ4v) is 1.88. The lowest BCUT2D eigenvalue weighted by Crippen LogP contribution is -2.45. The summed E-state index contributed by atoms with van der Waals surface area (Å²) in [6.45, 7) is 1.49. The first kappa shape index (κ1) is 15.7. The van der Waals surface area contributed by atoms with Crippen LogP contribution in [-0.2, 0) is 0 Å². The Labute approximate surface area is 132 Å². The van der Waals surface area contributed by atoms with Crippen molar-refractivity contribution in [2.75, 3.05) is 5.32 Å². The summed E-state index contributed by atoms with van der Waals surface area (Å²) in [5.74, 6) is 5.16. The van der Waals surface area contributed by atoms with Crippen molar-refractivity contribution in [3.63, 3.8) is 0 Å². The zero-order valence-electron chi connectivity index (χ0n) is 11.8. The molecule has 112 valence electrons. The predicted molar refractivity (Wildman–Crippen MR) is 87.3 cm³/mol. The lowest BCUT2D eigenvalue weighted by molar-refractivity contribution is 0.0843. The van der Waals surface area contributed by atoms with Crippen molar-refractivity contribution in [1.82, 2.24) is 9.99 Å². The topological polar surface area (TPSA) is 88.3 Å². The lowest BCUT2D eigenvalue weighted by atomic mass is 10.1. The average Bonchev–Trinajstić information content (AvgIpc) is 2.54. The number of carbonyl (C=O) groups is 2. The van der Waals surface area contributed by atoms with Gasteiger partial charge in [-0.1, -0.05) is 6.07 Å². The molecule has 0 radical (unpaired) electrons. The largest absolute Gasteiger partial charge is 0.331 e. The van der Waals surface area contributed by atoms with E-state index in [1.807, 2.05) is 0 Å². The molecule has 0 aliphatic heterocycles. The molecule has 2 rings (SSSR count). The van der Waals surface area contributed by atoms with Gasteiger partial charge in [0.05, 0.1) is 0 Å². The SMILES string of the molecule is CC(=O)c1ccc(NC(=S)N(N)C(=O)c2ccccn2)cc1. The molecule has 6 nitrogen and oxygen atoms in total. The summed E-state index contributed by atoms with van der Waals surface area (Å²) in [6.07, 6.45) is 1.50. The molecule has 0 aliphatic rings. The highest BCUT2D eigenvalue weighted by atomic mass is 32.1. The molecular weight excluding hydrogens is 300 g/mol. The average molecular weight is 314 g/mol. The van der Waals surface area contributed by atoms with Gasteiger partial charge < -0.3 is 5.32 Å². The van der Waals surface area contributed by atoms with Crippen molar-refractivity contribution >= 4 is 34.7 Å². The summed E-state index contributed by atoms with van der Waals surface area (Å²) in [7, 11) is 0. The molecule has 7 heteroatoms. The second kappa shape index (κ2) is 6.88. The van der Waals surface area contributed by atoms with Crippen LogP contribution in [0.2, 0.25) is 0 Å². The van der Waals surface area contributed by atoms with Gasteiger partial charge in [-0.25, -0.2) is 10.9 Å². The summed E-state index contributed by atoms with van der Waals surface area (Å²) in [4.78, 5) is 27.2. The normalized spacial score (nSPS) is 9.91. The van der Waals surface area contributed by atoms with Crippen LogP contribution < -0.4 is 11.2 Å². The minimum atomic E-state index is -0.515. The highest BCUT2D eigenvalue weighted by Crippen LogP contribution is 2.11. The van der Waals surface area contributed by atoms with Gasteiger partial charge in [-0.3, -0.25) is 14.6 Å². The molecule has 1 heterocycles. The van der Waals surface area contributed by atoms with Crippen LogP contribution in [0.25, 0.3) is 0 Å². The number of rotatable bonds is 3. The van der Waals surface area contributed by atoms with Crippen LogP contribution >= 0.6 is 12.2 Å². The van der Waals surface area contributed by atoms with Gasteiger partial charge in [-0.05, 0) is 55.5 Å². The van der Waals surface area contributed by atoms with Crippen LogP contribution in [0.4, 0.5) is 5.69 Å². The van der Waals surface area contributed by atoms with Gasteiger partial charge in [-0.2, -0.15) is 0 Å². The number of pyridine rings is 1. The number of nitrogens with two attached hydrogens (primary N) is 1. The van der Waals surface area contributed by atoms with Gasteiger partial charge in [0.15, 0.2) is 10.9 Å². The van der Waals surface area contributed by atoms with Crippen LogP contribution in [0, 0.1) is 0 Å². The predicted octanol–water partition coefficient (Wildman–Crippen LogP) is 2.00. The van der Waals surface area contributed by atoms with Gasteiger partial charge in [0.1, 0.15) is 5.69 Å².